The second-order valence-electron chi connectivity index (χ2n) is 5.76. The van der Waals surface area contributed by atoms with Gasteiger partial charge in [-0.25, -0.2) is 0 Å². The Balaban J connectivity index is 1.77. The van der Waals surface area contributed by atoms with Crippen LogP contribution in [0.2, 0.25) is 0 Å². The van der Waals surface area contributed by atoms with Gasteiger partial charge in [-0.3, -0.25) is 4.79 Å². The molecule has 5 heteroatoms. The highest BCUT2D eigenvalue weighted by molar-refractivity contribution is 6.00. The van der Waals surface area contributed by atoms with E-state index in [-0.39, 0.29) is 5.91 Å². The first-order valence-corrected chi connectivity index (χ1v) is 7.19. The summed E-state index contributed by atoms with van der Waals surface area (Å²) in [5.74, 6) is 0.478. The Hall–Kier alpha value is -1.75. The number of nitrogens with two attached hydrogens (primary N) is 2. The Morgan fingerprint density at radius 2 is 2.10 bits per heavy atom. The smallest absolute Gasteiger partial charge is 0.256 e. The van der Waals surface area contributed by atoms with Crippen molar-refractivity contribution in [2.75, 3.05) is 31.2 Å². The van der Waals surface area contributed by atoms with Crippen LogP contribution in [0.3, 0.4) is 0 Å². The van der Waals surface area contributed by atoms with Gasteiger partial charge in [-0.2, -0.15) is 0 Å². The zero-order valence-corrected chi connectivity index (χ0v) is 11.5. The minimum atomic E-state index is 0.0249. The molecule has 1 amide bonds. The summed E-state index contributed by atoms with van der Waals surface area (Å²) in [6, 6.07) is 5.48. The van der Waals surface area contributed by atoms with E-state index in [1.54, 1.807) is 18.2 Å². The first-order chi connectivity index (χ1) is 9.65. The monoisotopic (exact) mass is 275 g/mol. The lowest BCUT2D eigenvalue weighted by atomic mass is 10.1. The largest absolute Gasteiger partial charge is 0.399 e. The number of rotatable bonds is 4. The normalized spacial score (nSPS) is 21.9. The third-order valence-corrected chi connectivity index (χ3v) is 4.03. The molecule has 0 radical (unpaired) electrons. The van der Waals surface area contributed by atoms with Crippen LogP contribution >= 0.6 is 0 Å². The van der Waals surface area contributed by atoms with Crippen molar-refractivity contribution in [3.63, 3.8) is 0 Å². The second-order valence-corrected chi connectivity index (χ2v) is 5.76. The van der Waals surface area contributed by atoms with Crippen LogP contribution in [0, 0.1) is 5.92 Å². The predicted molar refractivity (Wildman–Crippen MR) is 78.3 cm³/mol. The third kappa shape index (κ3) is 2.72. The topological polar surface area (TPSA) is 81.6 Å². The lowest BCUT2D eigenvalue weighted by Crippen LogP contribution is -2.37. The van der Waals surface area contributed by atoms with Gasteiger partial charge < -0.3 is 21.1 Å². The summed E-state index contributed by atoms with van der Waals surface area (Å²) in [5.41, 5.74) is 13.2. The summed E-state index contributed by atoms with van der Waals surface area (Å²) in [4.78, 5) is 14.7. The zero-order valence-electron chi connectivity index (χ0n) is 11.5. The maximum atomic E-state index is 12.7. The van der Waals surface area contributed by atoms with E-state index in [4.69, 9.17) is 16.2 Å². The van der Waals surface area contributed by atoms with Crippen molar-refractivity contribution in [2.45, 2.75) is 25.3 Å². The Morgan fingerprint density at radius 3 is 2.70 bits per heavy atom. The summed E-state index contributed by atoms with van der Waals surface area (Å²) in [7, 11) is 0. The average Bonchev–Trinajstić information content (AvgIpc) is 3.12. The van der Waals surface area contributed by atoms with Crippen LogP contribution in [-0.4, -0.2) is 36.6 Å². The van der Waals surface area contributed by atoms with Gasteiger partial charge in [0.2, 0.25) is 0 Å². The van der Waals surface area contributed by atoms with E-state index in [2.05, 4.69) is 0 Å². The van der Waals surface area contributed by atoms with Crippen molar-refractivity contribution in [1.29, 1.82) is 0 Å². The fourth-order valence-corrected chi connectivity index (χ4v) is 2.72. The van der Waals surface area contributed by atoms with Gasteiger partial charge in [0, 0.05) is 36.5 Å². The summed E-state index contributed by atoms with van der Waals surface area (Å²) in [5, 5.41) is 0. The molecule has 1 saturated carbocycles. The van der Waals surface area contributed by atoms with Crippen molar-refractivity contribution < 1.29 is 9.53 Å². The van der Waals surface area contributed by atoms with Crippen molar-refractivity contribution >= 4 is 17.3 Å². The van der Waals surface area contributed by atoms with Crippen molar-refractivity contribution in [2.24, 2.45) is 5.92 Å². The van der Waals surface area contributed by atoms with Crippen LogP contribution in [0.5, 0.6) is 0 Å². The van der Waals surface area contributed by atoms with E-state index in [1.807, 2.05) is 4.90 Å². The number of amides is 1. The molecule has 1 heterocycles. The fourth-order valence-electron chi connectivity index (χ4n) is 2.72. The molecule has 5 nitrogen and oxygen atoms in total. The lowest BCUT2D eigenvalue weighted by molar-refractivity contribution is 0.0707. The number of nitrogen functional groups attached to an aromatic ring is 2. The summed E-state index contributed by atoms with van der Waals surface area (Å²) in [6.07, 6.45) is 3.22. The van der Waals surface area contributed by atoms with Gasteiger partial charge in [0.1, 0.15) is 0 Å². The van der Waals surface area contributed by atoms with Crippen molar-refractivity contribution in [3.8, 4) is 0 Å². The molecule has 20 heavy (non-hydrogen) atoms. The molecule has 1 saturated heterocycles. The molecule has 1 aliphatic heterocycles. The Labute approximate surface area is 118 Å². The highest BCUT2D eigenvalue weighted by Crippen LogP contribution is 2.31. The van der Waals surface area contributed by atoms with E-state index in [0.717, 1.165) is 39.0 Å². The van der Waals surface area contributed by atoms with E-state index >= 15 is 0 Å². The Bertz CT molecular complexity index is 508. The molecule has 108 valence electrons. The number of nitrogens with zero attached hydrogens (tertiary/aromatic N) is 1. The maximum absolute atomic E-state index is 12.7. The fraction of sp³-hybridized carbons (Fsp3) is 0.533. The minimum Gasteiger partial charge on any atom is -0.399 e. The van der Waals surface area contributed by atoms with Crippen LogP contribution in [-0.2, 0) is 4.74 Å². The Morgan fingerprint density at radius 1 is 1.30 bits per heavy atom. The SMILES string of the molecule is Nc1ccc(C(=O)N(CC2CCOC2)C2CC2)c(N)c1. The third-order valence-electron chi connectivity index (χ3n) is 4.03. The van der Waals surface area contributed by atoms with Crippen LogP contribution in [0.25, 0.3) is 0 Å². The number of hydrogen-bond donors (Lipinski definition) is 2. The van der Waals surface area contributed by atoms with E-state index < -0.39 is 0 Å². The second kappa shape index (κ2) is 5.32. The summed E-state index contributed by atoms with van der Waals surface area (Å²) in [6.45, 7) is 2.34. The molecule has 2 aliphatic rings. The van der Waals surface area contributed by atoms with Gasteiger partial charge in [-0.15, -0.1) is 0 Å². The first-order valence-electron chi connectivity index (χ1n) is 7.19. The van der Waals surface area contributed by atoms with Crippen LogP contribution in [0.4, 0.5) is 11.4 Å². The summed E-state index contributed by atoms with van der Waals surface area (Å²) < 4.78 is 5.40. The number of benzene rings is 1. The number of ether oxygens (including phenoxy) is 1. The van der Waals surface area contributed by atoms with Gasteiger partial charge in [-0.05, 0) is 37.5 Å². The van der Waals surface area contributed by atoms with Crippen LogP contribution in [0.1, 0.15) is 29.6 Å². The Kier molecular flexibility index (Phi) is 3.53. The quantitative estimate of drug-likeness (QED) is 0.816. The predicted octanol–water partition coefficient (Wildman–Crippen LogP) is 1.49. The standard InChI is InChI=1S/C15H21N3O2/c16-11-1-4-13(14(17)7-11)15(19)18(12-2-3-12)8-10-5-6-20-9-10/h1,4,7,10,12H,2-3,5-6,8-9,16-17H2. The number of anilines is 2. The molecule has 1 aliphatic carbocycles. The van der Waals surface area contributed by atoms with Gasteiger partial charge in [0.15, 0.2) is 0 Å². The van der Waals surface area contributed by atoms with Crippen molar-refractivity contribution in [3.05, 3.63) is 23.8 Å². The van der Waals surface area contributed by atoms with E-state index in [9.17, 15) is 4.79 Å². The number of carbonyl (C=O) groups excluding carboxylic acids is 1. The molecule has 0 spiro atoms. The lowest BCUT2D eigenvalue weighted by Gasteiger charge is -2.25. The van der Waals surface area contributed by atoms with Crippen molar-refractivity contribution in [1.82, 2.24) is 4.90 Å². The zero-order chi connectivity index (χ0) is 14.1. The van der Waals surface area contributed by atoms with Crippen LogP contribution in [0.15, 0.2) is 18.2 Å². The van der Waals surface area contributed by atoms with Crippen LogP contribution < -0.4 is 11.5 Å². The minimum absolute atomic E-state index is 0.0249. The van der Waals surface area contributed by atoms with E-state index in [0.29, 0.717) is 28.9 Å². The van der Waals surface area contributed by atoms with Gasteiger partial charge in [-0.1, -0.05) is 0 Å². The molecule has 4 N–H and O–H groups in total. The highest BCUT2D eigenvalue weighted by atomic mass is 16.5. The first kappa shape index (κ1) is 13.2. The molecule has 1 aromatic carbocycles. The molecule has 2 fully saturated rings. The average molecular weight is 275 g/mol. The number of carbonyl (C=O) groups is 1. The van der Waals surface area contributed by atoms with Gasteiger partial charge in [0.25, 0.3) is 5.91 Å². The summed E-state index contributed by atoms with van der Waals surface area (Å²) >= 11 is 0. The maximum Gasteiger partial charge on any atom is 0.256 e. The molecule has 1 atom stereocenters. The van der Waals surface area contributed by atoms with Gasteiger partial charge >= 0.3 is 0 Å². The number of hydrogen-bond acceptors (Lipinski definition) is 4. The molecular weight excluding hydrogens is 254 g/mol. The molecular formula is C15H21N3O2. The highest BCUT2D eigenvalue weighted by Gasteiger charge is 2.35. The molecule has 1 aromatic rings. The molecule has 3 rings (SSSR count). The molecule has 1 unspecified atom stereocenters. The molecule has 0 bridgehead atoms. The molecule has 0 aromatic heterocycles. The van der Waals surface area contributed by atoms with E-state index in [1.165, 1.54) is 0 Å². The van der Waals surface area contributed by atoms with Gasteiger partial charge in [0.05, 0.1) is 12.2 Å².